The smallest absolute Gasteiger partial charge is 0.475 e. The van der Waals surface area contributed by atoms with E-state index in [2.05, 4.69) is 16.8 Å². The molecular weight excluding hydrogens is 568 g/mol. The van der Waals surface area contributed by atoms with Gasteiger partial charge in [0.25, 0.3) is 5.56 Å². The molecule has 1 aliphatic rings. The van der Waals surface area contributed by atoms with Crippen LogP contribution in [0.2, 0.25) is 0 Å². The number of hydrogen-bond acceptors (Lipinski definition) is 9. The van der Waals surface area contributed by atoms with E-state index < -0.39 is 65.4 Å². The van der Waals surface area contributed by atoms with Crippen LogP contribution in [-0.4, -0.2) is 80.5 Å². The van der Waals surface area contributed by atoms with Gasteiger partial charge in [-0.25, -0.2) is 14.4 Å². The molecule has 226 valence electrons. The summed E-state index contributed by atoms with van der Waals surface area (Å²) >= 11 is 0. The van der Waals surface area contributed by atoms with Gasteiger partial charge in [0.1, 0.15) is 24.0 Å². The number of carbonyl (C=O) groups is 3. The molecule has 2 rings (SSSR count). The van der Waals surface area contributed by atoms with E-state index in [1.807, 2.05) is 0 Å². The number of H-pyrrole nitrogens is 1. The van der Waals surface area contributed by atoms with Crippen molar-refractivity contribution < 1.29 is 65.5 Å². The fraction of sp³-hybridized carbons (Fsp3) is 0.571. The van der Waals surface area contributed by atoms with Crippen LogP contribution in [0, 0.1) is 17.3 Å². The van der Waals surface area contributed by atoms with E-state index in [1.165, 1.54) is 6.20 Å². The summed E-state index contributed by atoms with van der Waals surface area (Å²) in [6.07, 6.45) is -11.0. The third kappa shape index (κ3) is 11.9. The lowest BCUT2D eigenvalue weighted by Crippen LogP contribution is -2.34. The first kappa shape index (κ1) is 36.1. The van der Waals surface area contributed by atoms with Crippen molar-refractivity contribution in [2.75, 3.05) is 13.2 Å². The summed E-state index contributed by atoms with van der Waals surface area (Å²) < 4.78 is 75.7. The summed E-state index contributed by atoms with van der Waals surface area (Å²) in [6.45, 7) is 4.83. The lowest BCUT2D eigenvalue weighted by atomic mass is 9.97. The predicted molar refractivity (Wildman–Crippen MR) is 120 cm³/mol. The Morgan fingerprint density at radius 1 is 1.10 bits per heavy atom. The van der Waals surface area contributed by atoms with Gasteiger partial charge in [0, 0.05) is 12.6 Å². The highest BCUT2D eigenvalue weighted by atomic mass is 19.4. The largest absolute Gasteiger partial charge is 0.490 e. The summed E-state index contributed by atoms with van der Waals surface area (Å²) in [7, 11) is 0. The molecule has 0 spiro atoms. The van der Waals surface area contributed by atoms with Gasteiger partial charge in [-0.2, -0.15) is 26.3 Å². The Morgan fingerprint density at radius 3 is 1.95 bits per heavy atom. The number of carboxylic acid groups (broad SMARTS) is 2. The number of aromatic nitrogens is 2. The first-order chi connectivity index (χ1) is 18.1. The van der Waals surface area contributed by atoms with E-state index in [0.717, 1.165) is 4.57 Å². The number of hydrogen-bond donors (Lipinski definition) is 5. The number of nitrogens with one attached hydrogen (secondary N) is 1. The van der Waals surface area contributed by atoms with E-state index in [4.69, 9.17) is 35.0 Å². The van der Waals surface area contributed by atoms with Crippen LogP contribution >= 0.6 is 0 Å². The molecule has 1 aromatic heterocycles. The van der Waals surface area contributed by atoms with Crippen LogP contribution in [0.1, 0.15) is 39.0 Å². The normalized spacial score (nSPS) is 18.6. The fourth-order valence-corrected chi connectivity index (χ4v) is 2.41. The number of alkyl halides is 6. The number of aliphatic carboxylic acids is 2. The van der Waals surface area contributed by atoms with Crippen LogP contribution in [0.4, 0.5) is 26.3 Å². The minimum atomic E-state index is -5.08. The van der Waals surface area contributed by atoms with Crippen LogP contribution < -0.4 is 17.0 Å². The van der Waals surface area contributed by atoms with E-state index in [-0.39, 0.29) is 25.1 Å². The standard InChI is InChI=1S/C17H23N3O6.2C2HF3O2/c1-17(2,3)15(23)26-11-7-13(25-12(11)9-21)20-8-10(5-4-6-18)14(22)19-16(20)24;2*3-2(4,5)1(6)7/h8,11-13,21H,6-7,9,18H2,1-3H3,(H,19,22,24);2*(H,6,7)/t11-,12+,13+;;/m0../s1. The molecule has 13 nitrogen and oxygen atoms in total. The molecular formula is C21H25F6N3O10. The number of nitrogens with two attached hydrogens (primary N) is 1. The number of rotatable bonds is 3. The maximum atomic E-state index is 12.1. The summed E-state index contributed by atoms with van der Waals surface area (Å²) in [5.41, 5.74) is 3.34. The van der Waals surface area contributed by atoms with E-state index in [0.29, 0.717) is 0 Å². The van der Waals surface area contributed by atoms with Gasteiger partial charge in [0.05, 0.1) is 18.6 Å². The molecule has 40 heavy (non-hydrogen) atoms. The zero-order chi connectivity index (χ0) is 31.6. The number of aliphatic hydroxyl groups excluding tert-OH is 1. The van der Waals surface area contributed by atoms with Crippen LogP contribution in [-0.2, 0) is 23.9 Å². The van der Waals surface area contributed by atoms with Gasteiger partial charge < -0.3 is 30.5 Å². The number of aromatic amines is 1. The van der Waals surface area contributed by atoms with Gasteiger partial charge in [-0.3, -0.25) is 19.1 Å². The fourth-order valence-electron chi connectivity index (χ4n) is 2.41. The molecule has 2 heterocycles. The average Bonchev–Trinajstić information content (AvgIpc) is 3.20. The van der Waals surface area contributed by atoms with Gasteiger partial charge in [-0.05, 0) is 20.8 Å². The Balaban J connectivity index is 0.000000894. The highest BCUT2D eigenvalue weighted by Gasteiger charge is 2.41. The molecule has 0 bridgehead atoms. The summed E-state index contributed by atoms with van der Waals surface area (Å²) in [5.74, 6) is -0.821. The van der Waals surface area contributed by atoms with Gasteiger partial charge in [-0.15, -0.1) is 0 Å². The van der Waals surface area contributed by atoms with Gasteiger partial charge in [-0.1, -0.05) is 11.8 Å². The highest BCUT2D eigenvalue weighted by molar-refractivity contribution is 5.75. The second kappa shape index (κ2) is 14.5. The van der Waals surface area contributed by atoms with Crippen molar-refractivity contribution in [2.45, 2.75) is 58.0 Å². The molecule has 1 aromatic rings. The minimum absolute atomic E-state index is 0.0642. The van der Waals surface area contributed by atoms with Crippen molar-refractivity contribution in [1.82, 2.24) is 9.55 Å². The van der Waals surface area contributed by atoms with Crippen LogP contribution in [0.15, 0.2) is 15.8 Å². The number of ether oxygens (including phenoxy) is 2. The van der Waals surface area contributed by atoms with Crippen LogP contribution in [0.3, 0.4) is 0 Å². The van der Waals surface area contributed by atoms with Crippen molar-refractivity contribution in [3.05, 3.63) is 32.6 Å². The zero-order valence-electron chi connectivity index (χ0n) is 20.9. The topological polar surface area (TPSA) is 211 Å². The van der Waals surface area contributed by atoms with E-state index >= 15 is 0 Å². The number of carboxylic acids is 2. The molecule has 3 atom stereocenters. The minimum Gasteiger partial charge on any atom is -0.475 e. The van der Waals surface area contributed by atoms with Crippen molar-refractivity contribution in [3.8, 4) is 11.8 Å². The third-order valence-corrected chi connectivity index (χ3v) is 4.32. The molecule has 0 radical (unpaired) electrons. The summed E-state index contributed by atoms with van der Waals surface area (Å²) in [5, 5.41) is 23.8. The van der Waals surface area contributed by atoms with Gasteiger partial charge in [0.2, 0.25) is 0 Å². The highest BCUT2D eigenvalue weighted by Crippen LogP contribution is 2.31. The van der Waals surface area contributed by atoms with Crippen molar-refractivity contribution in [2.24, 2.45) is 11.1 Å². The maximum absolute atomic E-state index is 12.1. The molecule has 1 saturated heterocycles. The lowest BCUT2D eigenvalue weighted by Gasteiger charge is -2.22. The third-order valence-electron chi connectivity index (χ3n) is 4.32. The Morgan fingerprint density at radius 2 is 1.57 bits per heavy atom. The number of carbonyl (C=O) groups excluding carboxylic acids is 1. The second-order valence-electron chi connectivity index (χ2n) is 8.56. The van der Waals surface area contributed by atoms with Crippen LogP contribution in [0.25, 0.3) is 0 Å². The summed E-state index contributed by atoms with van der Waals surface area (Å²) in [6, 6.07) is 0. The number of aliphatic hydroxyl groups is 1. The van der Waals surface area contributed by atoms with Gasteiger partial charge in [0.15, 0.2) is 0 Å². The quantitative estimate of drug-likeness (QED) is 0.183. The Labute approximate surface area is 220 Å². The first-order valence-electron chi connectivity index (χ1n) is 10.7. The maximum Gasteiger partial charge on any atom is 0.490 e. The van der Waals surface area contributed by atoms with Gasteiger partial charge >= 0.3 is 36.0 Å². The molecule has 19 heteroatoms. The molecule has 6 N–H and O–H groups in total. The molecule has 0 aliphatic carbocycles. The van der Waals surface area contributed by atoms with Crippen molar-refractivity contribution >= 4 is 17.9 Å². The zero-order valence-corrected chi connectivity index (χ0v) is 20.9. The lowest BCUT2D eigenvalue weighted by molar-refractivity contribution is -0.193. The second-order valence-corrected chi connectivity index (χ2v) is 8.56. The number of esters is 1. The molecule has 0 aromatic carbocycles. The SMILES string of the molecule is CC(C)(C)C(=O)O[C@H]1C[C@H](n2cc(C#CCN)c(=O)[nH]c2=O)O[C@@H]1CO.O=C(O)C(F)(F)F.O=C(O)C(F)(F)F. The van der Waals surface area contributed by atoms with Crippen molar-refractivity contribution in [1.29, 1.82) is 0 Å². The Bertz CT molecular complexity index is 1200. The average molecular weight is 593 g/mol. The van der Waals surface area contributed by atoms with E-state index in [9.17, 15) is 45.8 Å². The Kier molecular flexibility index (Phi) is 13.1. The summed E-state index contributed by atoms with van der Waals surface area (Å²) in [4.78, 5) is 56.0. The predicted octanol–water partition coefficient (Wildman–Crippen LogP) is 0.351. The molecule has 0 saturated carbocycles. The van der Waals surface area contributed by atoms with Crippen molar-refractivity contribution in [3.63, 3.8) is 0 Å². The monoisotopic (exact) mass is 593 g/mol. The molecule has 0 unspecified atom stereocenters. The Hall–Kier alpha value is -3.89. The number of halogens is 6. The van der Waals surface area contributed by atoms with Crippen LogP contribution in [0.5, 0.6) is 0 Å². The molecule has 0 amide bonds. The molecule has 1 aliphatic heterocycles. The molecule has 1 fully saturated rings. The number of nitrogens with zero attached hydrogens (tertiary/aromatic N) is 1. The first-order valence-corrected chi connectivity index (χ1v) is 10.7. The van der Waals surface area contributed by atoms with E-state index in [1.54, 1.807) is 20.8 Å².